The summed E-state index contributed by atoms with van der Waals surface area (Å²) in [7, 11) is -3.64. The van der Waals surface area contributed by atoms with Crippen LogP contribution in [0.2, 0.25) is 0 Å². The third-order valence-corrected chi connectivity index (χ3v) is 5.11. The van der Waals surface area contributed by atoms with Gasteiger partial charge in [-0.2, -0.15) is 11.3 Å². The summed E-state index contributed by atoms with van der Waals surface area (Å²) in [5.74, 6) is -0.129. The summed E-state index contributed by atoms with van der Waals surface area (Å²) in [5, 5.41) is 13.3. The number of aromatic hydroxyl groups is 1. The molecule has 20 heavy (non-hydrogen) atoms. The maximum Gasteiger partial charge on any atom is 0.240 e. The molecule has 0 aliphatic rings. The molecule has 0 aliphatic heterocycles. The Hall–Kier alpha value is -1.57. The zero-order valence-electron chi connectivity index (χ0n) is 10.9. The number of hydrogen-bond donors (Lipinski definition) is 3. The summed E-state index contributed by atoms with van der Waals surface area (Å²) < 4.78 is 27.0. The van der Waals surface area contributed by atoms with Crippen molar-refractivity contribution < 1.29 is 13.5 Å². The van der Waals surface area contributed by atoms with Crippen molar-refractivity contribution in [2.45, 2.75) is 24.3 Å². The van der Waals surface area contributed by atoms with Crippen molar-refractivity contribution in [3.63, 3.8) is 0 Å². The van der Waals surface area contributed by atoms with Crippen LogP contribution in [-0.4, -0.2) is 19.6 Å². The number of phenols is 1. The molecule has 1 aromatic heterocycles. The van der Waals surface area contributed by atoms with Gasteiger partial charge in [0.1, 0.15) is 5.75 Å². The molecule has 0 bridgehead atoms. The van der Waals surface area contributed by atoms with Crippen LogP contribution in [0.3, 0.4) is 0 Å². The van der Waals surface area contributed by atoms with E-state index >= 15 is 0 Å². The molecule has 7 heteroatoms. The Morgan fingerprint density at radius 1 is 1.40 bits per heavy atom. The van der Waals surface area contributed by atoms with Gasteiger partial charge in [-0.05, 0) is 53.9 Å². The number of rotatable bonds is 5. The molecule has 1 atom stereocenters. The zero-order chi connectivity index (χ0) is 14.8. The second-order valence-electron chi connectivity index (χ2n) is 4.58. The first-order valence-electron chi connectivity index (χ1n) is 6.00. The van der Waals surface area contributed by atoms with Crippen LogP contribution < -0.4 is 10.5 Å². The van der Waals surface area contributed by atoms with Crippen molar-refractivity contribution >= 4 is 27.0 Å². The fourth-order valence-electron chi connectivity index (χ4n) is 1.84. The van der Waals surface area contributed by atoms with E-state index in [-0.39, 0.29) is 22.4 Å². The molecular weight excluding hydrogens is 296 g/mol. The second kappa shape index (κ2) is 5.82. The number of benzene rings is 1. The summed E-state index contributed by atoms with van der Waals surface area (Å²) in [6.45, 7) is 1.80. The highest BCUT2D eigenvalue weighted by Crippen LogP contribution is 2.23. The number of hydrogen-bond acceptors (Lipinski definition) is 5. The van der Waals surface area contributed by atoms with E-state index in [9.17, 15) is 13.5 Å². The highest BCUT2D eigenvalue weighted by Gasteiger charge is 2.18. The summed E-state index contributed by atoms with van der Waals surface area (Å²) in [4.78, 5) is 0.0463. The highest BCUT2D eigenvalue weighted by atomic mass is 32.2. The lowest BCUT2D eigenvalue weighted by Gasteiger charge is -2.14. The van der Waals surface area contributed by atoms with E-state index in [1.54, 1.807) is 18.3 Å². The molecule has 0 amide bonds. The fourth-order valence-corrected chi connectivity index (χ4v) is 3.80. The first-order chi connectivity index (χ1) is 9.38. The molecule has 0 fully saturated rings. The van der Waals surface area contributed by atoms with Gasteiger partial charge in [0, 0.05) is 6.04 Å². The van der Waals surface area contributed by atoms with Crippen LogP contribution in [-0.2, 0) is 16.4 Å². The molecule has 108 valence electrons. The minimum absolute atomic E-state index is 0.0402. The molecule has 1 heterocycles. The van der Waals surface area contributed by atoms with Crippen LogP contribution in [0.4, 0.5) is 5.69 Å². The van der Waals surface area contributed by atoms with Crippen LogP contribution in [0, 0.1) is 0 Å². The van der Waals surface area contributed by atoms with Gasteiger partial charge in [-0.25, -0.2) is 13.1 Å². The topological polar surface area (TPSA) is 92.4 Å². The van der Waals surface area contributed by atoms with Gasteiger partial charge >= 0.3 is 0 Å². The predicted molar refractivity (Wildman–Crippen MR) is 80.3 cm³/mol. The Labute approximate surface area is 122 Å². The fraction of sp³-hybridized carbons (Fsp3) is 0.231. The molecule has 5 nitrogen and oxygen atoms in total. The number of thiophene rings is 1. The number of phenolic OH excluding ortho intramolecular Hbond substituents is 1. The van der Waals surface area contributed by atoms with E-state index in [1.807, 2.05) is 16.8 Å². The minimum atomic E-state index is -3.64. The Kier molecular flexibility index (Phi) is 4.32. The second-order valence-corrected chi connectivity index (χ2v) is 7.07. The Bertz CT molecular complexity index is 682. The maximum absolute atomic E-state index is 12.2. The molecule has 0 spiro atoms. The molecule has 2 aromatic rings. The van der Waals surface area contributed by atoms with E-state index in [0.29, 0.717) is 6.42 Å². The van der Waals surface area contributed by atoms with Gasteiger partial charge in [0.15, 0.2) is 0 Å². The van der Waals surface area contributed by atoms with Crippen molar-refractivity contribution in [1.29, 1.82) is 0 Å². The number of anilines is 1. The molecular formula is C13H16N2O3S2. The number of nitrogen functional groups attached to an aromatic ring is 1. The van der Waals surface area contributed by atoms with Gasteiger partial charge in [0.05, 0.1) is 10.6 Å². The zero-order valence-corrected chi connectivity index (χ0v) is 12.5. The average Bonchev–Trinajstić information content (AvgIpc) is 2.84. The lowest BCUT2D eigenvalue weighted by atomic mass is 10.1. The monoisotopic (exact) mass is 312 g/mol. The number of sulfonamides is 1. The molecule has 0 saturated heterocycles. The largest absolute Gasteiger partial charge is 0.506 e. The molecule has 1 aromatic carbocycles. The van der Waals surface area contributed by atoms with Crippen molar-refractivity contribution in [1.82, 2.24) is 4.72 Å². The standard InChI is InChI=1S/C13H16N2O3S2/c1-9(6-10-4-5-19-8-10)15-20(17,18)11-2-3-13(16)12(14)7-11/h2-5,7-9,15-16H,6,14H2,1H3. The van der Waals surface area contributed by atoms with Gasteiger partial charge in [0.2, 0.25) is 10.0 Å². The molecule has 0 aliphatic carbocycles. The summed E-state index contributed by atoms with van der Waals surface area (Å²) in [6, 6.07) is 5.58. The van der Waals surface area contributed by atoms with Crippen LogP contribution in [0.15, 0.2) is 39.9 Å². The Morgan fingerprint density at radius 2 is 2.15 bits per heavy atom. The van der Waals surface area contributed by atoms with Gasteiger partial charge in [-0.1, -0.05) is 0 Å². The molecule has 1 unspecified atom stereocenters. The SMILES string of the molecule is CC(Cc1ccsc1)NS(=O)(=O)c1ccc(O)c(N)c1. The maximum atomic E-state index is 12.2. The minimum Gasteiger partial charge on any atom is -0.506 e. The number of nitrogens with one attached hydrogen (secondary N) is 1. The Balaban J connectivity index is 2.12. The first-order valence-corrected chi connectivity index (χ1v) is 8.43. The predicted octanol–water partition coefficient (Wildman–Crippen LogP) is 1.95. The smallest absolute Gasteiger partial charge is 0.240 e. The summed E-state index contributed by atoms with van der Waals surface area (Å²) in [6.07, 6.45) is 0.621. The van der Waals surface area contributed by atoms with E-state index < -0.39 is 10.0 Å². The van der Waals surface area contributed by atoms with Crippen molar-refractivity contribution in [2.75, 3.05) is 5.73 Å². The third-order valence-electron chi connectivity index (χ3n) is 2.79. The van der Waals surface area contributed by atoms with Crippen LogP contribution in [0.5, 0.6) is 5.75 Å². The normalized spacial score (nSPS) is 13.2. The van der Waals surface area contributed by atoms with Crippen molar-refractivity contribution in [3.05, 3.63) is 40.6 Å². The van der Waals surface area contributed by atoms with Crippen LogP contribution in [0.1, 0.15) is 12.5 Å². The van der Waals surface area contributed by atoms with Gasteiger partial charge in [0.25, 0.3) is 0 Å². The molecule has 0 radical (unpaired) electrons. The van der Waals surface area contributed by atoms with E-state index in [1.165, 1.54) is 18.2 Å². The Morgan fingerprint density at radius 3 is 2.75 bits per heavy atom. The lowest BCUT2D eigenvalue weighted by Crippen LogP contribution is -2.34. The van der Waals surface area contributed by atoms with Gasteiger partial charge in [-0.15, -0.1) is 0 Å². The quantitative estimate of drug-likeness (QED) is 0.581. The molecule has 4 N–H and O–H groups in total. The van der Waals surface area contributed by atoms with Crippen molar-refractivity contribution in [3.8, 4) is 5.75 Å². The van der Waals surface area contributed by atoms with E-state index in [2.05, 4.69) is 4.72 Å². The number of nitrogens with two attached hydrogens (primary N) is 1. The van der Waals surface area contributed by atoms with Crippen molar-refractivity contribution in [2.24, 2.45) is 0 Å². The average molecular weight is 312 g/mol. The third kappa shape index (κ3) is 3.50. The molecule has 0 saturated carbocycles. The molecule has 2 rings (SSSR count). The van der Waals surface area contributed by atoms with Gasteiger partial charge < -0.3 is 10.8 Å². The van der Waals surface area contributed by atoms with Gasteiger partial charge in [-0.3, -0.25) is 0 Å². The summed E-state index contributed by atoms with van der Waals surface area (Å²) >= 11 is 1.58. The van der Waals surface area contributed by atoms with E-state index in [0.717, 1.165) is 5.56 Å². The lowest BCUT2D eigenvalue weighted by molar-refractivity contribution is 0.477. The summed E-state index contributed by atoms with van der Waals surface area (Å²) in [5.41, 5.74) is 6.65. The highest BCUT2D eigenvalue weighted by molar-refractivity contribution is 7.89. The first kappa shape index (κ1) is 14.8. The van der Waals surface area contributed by atoms with Crippen LogP contribution >= 0.6 is 11.3 Å². The van der Waals surface area contributed by atoms with E-state index in [4.69, 9.17) is 5.73 Å². The van der Waals surface area contributed by atoms with Crippen LogP contribution in [0.25, 0.3) is 0 Å².